The summed E-state index contributed by atoms with van der Waals surface area (Å²) in [7, 11) is -3.36. The monoisotopic (exact) mass is 618 g/mol. The molecule has 10 heteroatoms. The summed E-state index contributed by atoms with van der Waals surface area (Å²) in [5.41, 5.74) is 2.01. The number of hydrogen-bond donors (Lipinski definition) is 1. The number of carbonyl (C=O) groups excluding carboxylic acids is 1. The number of rotatable bonds is 10. The molecule has 1 heterocycles. The summed E-state index contributed by atoms with van der Waals surface area (Å²) in [6.45, 7) is 0.649. The number of fused-ring (bicyclic) bond motifs is 3. The van der Waals surface area contributed by atoms with E-state index >= 15 is 0 Å². The van der Waals surface area contributed by atoms with Gasteiger partial charge >= 0.3 is 0 Å². The highest BCUT2D eigenvalue weighted by Crippen LogP contribution is 2.71. The van der Waals surface area contributed by atoms with Gasteiger partial charge in [0.05, 0.1) is 6.26 Å². The van der Waals surface area contributed by atoms with Crippen molar-refractivity contribution in [2.24, 2.45) is 10.8 Å². The van der Waals surface area contributed by atoms with Crippen LogP contribution in [0.25, 0.3) is 11.1 Å². The second kappa shape index (κ2) is 9.61. The van der Waals surface area contributed by atoms with Crippen LogP contribution in [0.4, 0.5) is 15.8 Å². The minimum atomic E-state index is -3.36. The average molecular weight is 619 g/mol. The molecule has 232 valence electrons. The number of halogens is 1. The predicted molar refractivity (Wildman–Crippen MR) is 166 cm³/mol. The molecule has 0 unspecified atom stereocenters. The molecule has 8 nitrogen and oxygen atoms in total. The number of hydrogen-bond acceptors (Lipinski definition) is 6. The van der Waals surface area contributed by atoms with Gasteiger partial charge in [-0.1, -0.05) is 24.3 Å². The molecular formula is C34H39FN4O4S. The SMILES string of the molecule is CS(=O)(=O)Nc1ccc(-c2cccc(N(CC34CCC(c5nnc(C6CC6)o5)(CC3)CC4)C(=O)CC34CC(F)(C3)C4)c2)cc1. The zero-order valence-corrected chi connectivity index (χ0v) is 26.0. The van der Waals surface area contributed by atoms with Crippen molar-refractivity contribution in [3.05, 3.63) is 60.3 Å². The smallest absolute Gasteiger partial charge is 0.229 e. The van der Waals surface area contributed by atoms with Gasteiger partial charge in [0.2, 0.25) is 27.7 Å². The summed E-state index contributed by atoms with van der Waals surface area (Å²) in [5.74, 6) is 2.15. The minimum absolute atomic E-state index is 0.0203. The van der Waals surface area contributed by atoms with Crippen LogP contribution >= 0.6 is 0 Å². The Hall–Kier alpha value is -3.27. The van der Waals surface area contributed by atoms with Crippen molar-refractivity contribution in [2.45, 2.75) is 94.1 Å². The summed E-state index contributed by atoms with van der Waals surface area (Å²) in [6, 6.07) is 15.3. The molecule has 7 fully saturated rings. The van der Waals surface area contributed by atoms with Crippen LogP contribution in [-0.4, -0.2) is 43.0 Å². The number of aromatic nitrogens is 2. The van der Waals surface area contributed by atoms with Crippen LogP contribution in [-0.2, 0) is 20.2 Å². The van der Waals surface area contributed by atoms with Crippen molar-refractivity contribution in [3.8, 4) is 11.1 Å². The lowest BCUT2D eigenvalue weighted by molar-refractivity contribution is -0.215. The van der Waals surface area contributed by atoms with E-state index in [1.165, 1.54) is 0 Å². The topological polar surface area (TPSA) is 105 Å². The molecule has 10 rings (SSSR count). The molecule has 1 amide bonds. The second-order valence-corrected chi connectivity index (χ2v) is 16.6. The number of carbonyl (C=O) groups is 1. The Balaban J connectivity index is 1.04. The molecule has 3 aromatic rings. The molecule has 7 aliphatic rings. The molecule has 7 saturated carbocycles. The first-order chi connectivity index (χ1) is 20.9. The maximum atomic E-state index is 14.4. The average Bonchev–Trinajstić information content (AvgIpc) is 3.70. The van der Waals surface area contributed by atoms with E-state index in [2.05, 4.69) is 21.0 Å². The van der Waals surface area contributed by atoms with Crippen molar-refractivity contribution in [3.63, 3.8) is 0 Å². The standard InChI is InChI=1S/C34H39FN4O4S/c1-44(41,42)38-26-9-7-23(8-10-26)25-3-2-4-27(17-25)39(28(40)18-32-19-34(35,20-32)21-32)22-31-11-14-33(15-12-31,16-13-31)30-37-36-29(43-30)24-5-6-24/h2-4,7-10,17,24,38H,5-6,11-16,18-22H2,1H3. The fraction of sp³-hybridized carbons (Fsp3) is 0.559. The first-order valence-corrected chi connectivity index (χ1v) is 17.9. The maximum absolute atomic E-state index is 14.4. The molecule has 0 radical (unpaired) electrons. The van der Waals surface area contributed by atoms with E-state index in [0.29, 0.717) is 43.8 Å². The lowest BCUT2D eigenvalue weighted by atomic mass is 9.41. The summed E-state index contributed by atoms with van der Waals surface area (Å²) in [5, 5.41) is 8.89. The van der Waals surface area contributed by atoms with E-state index in [9.17, 15) is 17.6 Å². The van der Waals surface area contributed by atoms with Gasteiger partial charge in [-0.05, 0) is 117 Å². The van der Waals surface area contributed by atoms with E-state index in [1.54, 1.807) is 12.1 Å². The molecule has 0 aliphatic heterocycles. The molecule has 0 spiro atoms. The number of alkyl halides is 1. The van der Waals surface area contributed by atoms with Gasteiger partial charge < -0.3 is 9.32 Å². The van der Waals surface area contributed by atoms with Crippen molar-refractivity contribution in [1.29, 1.82) is 0 Å². The van der Waals surface area contributed by atoms with Gasteiger partial charge in [-0.3, -0.25) is 9.52 Å². The predicted octanol–water partition coefficient (Wildman–Crippen LogP) is 6.89. The Bertz CT molecular complexity index is 1690. The molecule has 44 heavy (non-hydrogen) atoms. The Morgan fingerprint density at radius 1 is 0.955 bits per heavy atom. The quantitative estimate of drug-likeness (QED) is 0.265. The highest BCUT2D eigenvalue weighted by Gasteiger charge is 2.69. The van der Waals surface area contributed by atoms with Crippen LogP contribution in [0.15, 0.2) is 52.9 Å². The van der Waals surface area contributed by atoms with Crippen LogP contribution in [0.2, 0.25) is 0 Å². The molecule has 0 atom stereocenters. The van der Waals surface area contributed by atoms with Gasteiger partial charge in [-0.25, -0.2) is 12.8 Å². The van der Waals surface area contributed by atoms with Gasteiger partial charge in [-0.2, -0.15) is 0 Å². The zero-order valence-electron chi connectivity index (χ0n) is 25.1. The number of nitrogens with one attached hydrogen (secondary N) is 1. The first-order valence-electron chi connectivity index (χ1n) is 16.0. The van der Waals surface area contributed by atoms with Crippen LogP contribution < -0.4 is 9.62 Å². The molecule has 4 bridgehead atoms. The third-order valence-electron chi connectivity index (χ3n) is 11.3. The lowest BCUT2D eigenvalue weighted by Gasteiger charge is -2.66. The number of amides is 1. The number of benzene rings is 2. The largest absolute Gasteiger partial charge is 0.424 e. The van der Waals surface area contributed by atoms with Crippen LogP contribution in [0, 0.1) is 10.8 Å². The van der Waals surface area contributed by atoms with Gasteiger partial charge in [0.1, 0.15) is 5.67 Å². The summed E-state index contributed by atoms with van der Waals surface area (Å²) >= 11 is 0. The maximum Gasteiger partial charge on any atom is 0.229 e. The van der Waals surface area contributed by atoms with Crippen LogP contribution in [0.5, 0.6) is 0 Å². The molecule has 7 aliphatic carbocycles. The van der Waals surface area contributed by atoms with Crippen molar-refractivity contribution in [2.75, 3.05) is 22.4 Å². The minimum Gasteiger partial charge on any atom is -0.424 e. The third-order valence-corrected chi connectivity index (χ3v) is 11.9. The zero-order chi connectivity index (χ0) is 30.4. The fourth-order valence-corrected chi connectivity index (χ4v) is 9.25. The number of nitrogens with zero attached hydrogens (tertiary/aromatic N) is 3. The Morgan fingerprint density at radius 3 is 2.25 bits per heavy atom. The Morgan fingerprint density at radius 2 is 1.64 bits per heavy atom. The Kier molecular flexibility index (Phi) is 6.17. The third kappa shape index (κ3) is 5.03. The van der Waals surface area contributed by atoms with Gasteiger partial charge in [0.15, 0.2) is 0 Å². The van der Waals surface area contributed by atoms with Gasteiger partial charge in [0.25, 0.3) is 0 Å². The summed E-state index contributed by atoms with van der Waals surface area (Å²) in [6.07, 6.45) is 11.3. The van der Waals surface area contributed by atoms with Crippen molar-refractivity contribution >= 4 is 27.3 Å². The molecule has 0 saturated heterocycles. The number of sulfonamides is 1. The molecule has 1 N–H and O–H groups in total. The highest BCUT2D eigenvalue weighted by molar-refractivity contribution is 7.92. The fourth-order valence-electron chi connectivity index (χ4n) is 8.69. The highest BCUT2D eigenvalue weighted by atomic mass is 32.2. The molecule has 1 aromatic heterocycles. The van der Waals surface area contributed by atoms with Crippen molar-refractivity contribution in [1.82, 2.24) is 10.2 Å². The van der Waals surface area contributed by atoms with Gasteiger partial charge in [0, 0.05) is 35.7 Å². The van der Waals surface area contributed by atoms with E-state index in [4.69, 9.17) is 4.42 Å². The van der Waals surface area contributed by atoms with Gasteiger partial charge in [-0.15, -0.1) is 10.2 Å². The lowest BCUT2D eigenvalue weighted by Crippen LogP contribution is -2.65. The first kappa shape index (κ1) is 28.2. The van der Waals surface area contributed by atoms with E-state index < -0.39 is 15.7 Å². The summed E-state index contributed by atoms with van der Waals surface area (Å²) < 4.78 is 46.4. The van der Waals surface area contributed by atoms with Crippen molar-refractivity contribution < 1.29 is 22.0 Å². The molecule has 2 aromatic carbocycles. The van der Waals surface area contributed by atoms with Crippen LogP contribution in [0.1, 0.15) is 94.7 Å². The van der Waals surface area contributed by atoms with E-state index in [1.807, 2.05) is 35.2 Å². The number of anilines is 2. The van der Waals surface area contributed by atoms with E-state index in [0.717, 1.165) is 86.2 Å². The van der Waals surface area contributed by atoms with E-state index in [-0.39, 0.29) is 22.2 Å². The Labute approximate surface area is 257 Å². The second-order valence-electron chi connectivity index (χ2n) is 14.8. The normalized spacial score (nSPS) is 32.0. The van der Waals surface area contributed by atoms with Crippen LogP contribution in [0.3, 0.4) is 0 Å². The summed E-state index contributed by atoms with van der Waals surface area (Å²) in [4.78, 5) is 16.1. The molecular weight excluding hydrogens is 579 g/mol.